The Morgan fingerprint density at radius 3 is 2.60 bits per heavy atom. The lowest BCUT2D eigenvalue weighted by atomic mass is 10.5. The normalized spacial score (nSPS) is 12.3. The average Bonchev–Trinajstić information content (AvgIpc) is 1.88. The zero-order valence-corrected chi connectivity index (χ0v) is 5.47. The molecule has 0 N–H and O–H groups in total. The molecule has 0 aliphatic heterocycles. The molecule has 0 amide bonds. The monoisotopic (exact) mass is 154 g/mol. The summed E-state index contributed by atoms with van der Waals surface area (Å²) in [5, 5.41) is 0. The molecule has 60 valence electrons. The Morgan fingerprint density at radius 2 is 2.20 bits per heavy atom. The van der Waals surface area contributed by atoms with Crippen molar-refractivity contribution in [1.82, 2.24) is 0 Å². The second kappa shape index (κ2) is 4.96. The van der Waals surface area contributed by atoms with Crippen LogP contribution in [0.15, 0.2) is 0 Å². The molecule has 0 aromatic heterocycles. The van der Waals surface area contributed by atoms with Gasteiger partial charge in [-0.05, 0) is 6.92 Å². The van der Waals surface area contributed by atoms with Crippen LogP contribution in [0.5, 0.6) is 0 Å². The quantitative estimate of drug-likeness (QED) is 0.577. The summed E-state index contributed by atoms with van der Waals surface area (Å²) < 4.78 is 30.6. The lowest BCUT2D eigenvalue weighted by Gasteiger charge is -2.06. The van der Waals surface area contributed by atoms with Gasteiger partial charge in [0.1, 0.15) is 12.8 Å². The fraction of sp³-hybridized carbons (Fsp3) is 0.800. The van der Waals surface area contributed by atoms with Gasteiger partial charge < -0.3 is 9.47 Å². The SMILES string of the molecule is CC(CF)OC(=O)OCF. The Hall–Kier alpha value is -0.870. The third-order valence-corrected chi connectivity index (χ3v) is 0.687. The van der Waals surface area contributed by atoms with Crippen LogP contribution in [0.3, 0.4) is 0 Å². The van der Waals surface area contributed by atoms with E-state index in [4.69, 9.17) is 0 Å². The number of alkyl halides is 2. The molecule has 0 saturated heterocycles. The standard InChI is InChI=1S/C5H8F2O3/c1-4(2-6)10-5(8)9-3-7/h4H,2-3H2,1H3. The van der Waals surface area contributed by atoms with E-state index in [1.54, 1.807) is 0 Å². The van der Waals surface area contributed by atoms with E-state index in [2.05, 4.69) is 9.47 Å². The molecule has 0 saturated carbocycles. The van der Waals surface area contributed by atoms with Gasteiger partial charge in [0.25, 0.3) is 0 Å². The molecule has 0 heterocycles. The van der Waals surface area contributed by atoms with Gasteiger partial charge in [0.2, 0.25) is 6.86 Å². The summed E-state index contributed by atoms with van der Waals surface area (Å²) >= 11 is 0. The molecule has 0 fully saturated rings. The largest absolute Gasteiger partial charge is 0.510 e. The van der Waals surface area contributed by atoms with Crippen LogP contribution in [0.2, 0.25) is 0 Å². The summed E-state index contributed by atoms with van der Waals surface area (Å²) in [6.45, 7) is -0.723. The Kier molecular flexibility index (Phi) is 4.53. The summed E-state index contributed by atoms with van der Waals surface area (Å²) in [4.78, 5) is 10.2. The molecule has 5 heteroatoms. The summed E-state index contributed by atoms with van der Waals surface area (Å²) in [6, 6.07) is 0. The first kappa shape index (κ1) is 9.13. The molecule has 0 bridgehead atoms. The number of hydrogen-bond donors (Lipinski definition) is 0. The molecule has 3 nitrogen and oxygen atoms in total. The van der Waals surface area contributed by atoms with E-state index in [1.807, 2.05) is 0 Å². The lowest BCUT2D eigenvalue weighted by molar-refractivity contribution is 0.000667. The third kappa shape index (κ3) is 4.05. The number of rotatable bonds is 3. The Morgan fingerprint density at radius 1 is 1.60 bits per heavy atom. The van der Waals surface area contributed by atoms with Gasteiger partial charge in [0.15, 0.2) is 0 Å². The minimum atomic E-state index is -1.25. The second-order valence-corrected chi connectivity index (χ2v) is 1.59. The zero-order chi connectivity index (χ0) is 7.98. The number of ether oxygens (including phenoxy) is 2. The van der Waals surface area contributed by atoms with Crippen molar-refractivity contribution in [3.05, 3.63) is 0 Å². The molecular weight excluding hydrogens is 146 g/mol. The van der Waals surface area contributed by atoms with E-state index in [-0.39, 0.29) is 0 Å². The maximum absolute atomic E-state index is 11.6. The van der Waals surface area contributed by atoms with Crippen molar-refractivity contribution in [2.24, 2.45) is 0 Å². The van der Waals surface area contributed by atoms with Crippen molar-refractivity contribution in [3.8, 4) is 0 Å². The number of carbonyl (C=O) groups is 1. The first-order valence-electron chi connectivity index (χ1n) is 2.66. The van der Waals surface area contributed by atoms with Gasteiger partial charge in [-0.25, -0.2) is 13.6 Å². The van der Waals surface area contributed by atoms with Crippen LogP contribution in [-0.4, -0.2) is 25.8 Å². The minimum Gasteiger partial charge on any atom is -0.428 e. The molecule has 0 spiro atoms. The zero-order valence-electron chi connectivity index (χ0n) is 5.47. The molecule has 1 unspecified atom stereocenters. The van der Waals surface area contributed by atoms with E-state index >= 15 is 0 Å². The van der Waals surface area contributed by atoms with E-state index in [1.165, 1.54) is 6.92 Å². The summed E-state index contributed by atoms with van der Waals surface area (Å²) in [5.74, 6) is 0. The van der Waals surface area contributed by atoms with Crippen molar-refractivity contribution in [1.29, 1.82) is 0 Å². The molecule has 0 aliphatic carbocycles. The summed E-state index contributed by atoms with van der Waals surface area (Å²) in [5.41, 5.74) is 0. The smallest absolute Gasteiger partial charge is 0.428 e. The van der Waals surface area contributed by atoms with Crippen LogP contribution in [0.1, 0.15) is 6.92 Å². The van der Waals surface area contributed by atoms with Crippen LogP contribution >= 0.6 is 0 Å². The maximum atomic E-state index is 11.6. The molecule has 1 atom stereocenters. The maximum Gasteiger partial charge on any atom is 0.510 e. The van der Waals surface area contributed by atoms with E-state index < -0.39 is 25.8 Å². The predicted molar refractivity (Wildman–Crippen MR) is 29.0 cm³/mol. The second-order valence-electron chi connectivity index (χ2n) is 1.59. The van der Waals surface area contributed by atoms with Crippen LogP contribution in [0, 0.1) is 0 Å². The minimum absolute atomic E-state index is 0.804. The topological polar surface area (TPSA) is 35.5 Å². The number of carbonyl (C=O) groups excluding carboxylic acids is 1. The van der Waals surface area contributed by atoms with Crippen molar-refractivity contribution in [2.45, 2.75) is 13.0 Å². The van der Waals surface area contributed by atoms with Crippen LogP contribution < -0.4 is 0 Å². The molecule has 0 aromatic carbocycles. The van der Waals surface area contributed by atoms with Crippen molar-refractivity contribution < 1.29 is 23.0 Å². The first-order valence-corrected chi connectivity index (χ1v) is 2.66. The van der Waals surface area contributed by atoms with Gasteiger partial charge in [-0.1, -0.05) is 0 Å². The summed E-state index contributed by atoms with van der Waals surface area (Å²) in [7, 11) is 0. The van der Waals surface area contributed by atoms with Gasteiger partial charge >= 0.3 is 6.16 Å². The lowest BCUT2D eigenvalue weighted by Crippen LogP contribution is -2.17. The summed E-state index contributed by atoms with van der Waals surface area (Å²) in [6.07, 6.45) is -2.06. The van der Waals surface area contributed by atoms with E-state index in [9.17, 15) is 13.6 Å². The first-order chi connectivity index (χ1) is 4.70. The van der Waals surface area contributed by atoms with Crippen LogP contribution in [-0.2, 0) is 9.47 Å². The molecule has 0 rings (SSSR count). The third-order valence-electron chi connectivity index (χ3n) is 0.687. The molecule has 0 aliphatic rings. The fourth-order valence-corrected chi connectivity index (χ4v) is 0.274. The van der Waals surface area contributed by atoms with Crippen LogP contribution in [0.4, 0.5) is 13.6 Å². The van der Waals surface area contributed by atoms with Crippen molar-refractivity contribution >= 4 is 6.16 Å². The molecule has 0 radical (unpaired) electrons. The molecular formula is C5H8F2O3. The number of hydrogen-bond acceptors (Lipinski definition) is 3. The predicted octanol–water partition coefficient (Wildman–Crippen LogP) is 1.42. The number of halogens is 2. The van der Waals surface area contributed by atoms with Crippen molar-refractivity contribution in [3.63, 3.8) is 0 Å². The van der Waals surface area contributed by atoms with Gasteiger partial charge in [-0.3, -0.25) is 0 Å². The molecule has 10 heavy (non-hydrogen) atoms. The average molecular weight is 154 g/mol. The highest BCUT2D eigenvalue weighted by Gasteiger charge is 2.08. The fourth-order valence-electron chi connectivity index (χ4n) is 0.274. The highest BCUT2D eigenvalue weighted by molar-refractivity contribution is 5.59. The van der Waals surface area contributed by atoms with Crippen LogP contribution in [0.25, 0.3) is 0 Å². The highest BCUT2D eigenvalue weighted by Crippen LogP contribution is 1.94. The van der Waals surface area contributed by atoms with Crippen molar-refractivity contribution in [2.75, 3.05) is 13.5 Å². The van der Waals surface area contributed by atoms with E-state index in [0.717, 1.165) is 0 Å². The van der Waals surface area contributed by atoms with Gasteiger partial charge in [-0.15, -0.1) is 0 Å². The Bertz CT molecular complexity index is 107. The molecule has 0 aromatic rings. The van der Waals surface area contributed by atoms with Gasteiger partial charge in [0, 0.05) is 0 Å². The van der Waals surface area contributed by atoms with Gasteiger partial charge in [-0.2, -0.15) is 0 Å². The van der Waals surface area contributed by atoms with Gasteiger partial charge in [0.05, 0.1) is 0 Å². The highest BCUT2D eigenvalue weighted by atomic mass is 19.1. The Balaban J connectivity index is 3.37. The van der Waals surface area contributed by atoms with E-state index in [0.29, 0.717) is 0 Å². The Labute approximate surface area is 56.9 Å².